The van der Waals surface area contributed by atoms with E-state index in [-0.39, 0.29) is 25.9 Å². The molecule has 0 fully saturated rings. The van der Waals surface area contributed by atoms with Crippen LogP contribution in [0.25, 0.3) is 0 Å². The molecule has 72 heavy (non-hydrogen) atoms. The first-order valence-corrected chi connectivity index (χ1v) is 30.0. The van der Waals surface area contributed by atoms with Crippen molar-refractivity contribution >= 4 is 25.7 Å². The van der Waals surface area contributed by atoms with Crippen molar-refractivity contribution in [3.63, 3.8) is 0 Å². The molecular formula is C60H103O11P. The van der Waals surface area contributed by atoms with Gasteiger partial charge in [0.05, 0.1) is 19.8 Å². The maximum atomic E-state index is 12.9. The lowest BCUT2D eigenvalue weighted by atomic mass is 10.0. The smallest absolute Gasteiger partial charge is 0.462 e. The molecule has 0 spiro atoms. The van der Waals surface area contributed by atoms with Crippen molar-refractivity contribution in [1.82, 2.24) is 0 Å². The zero-order chi connectivity index (χ0) is 52.7. The molecule has 0 aliphatic heterocycles. The van der Waals surface area contributed by atoms with Crippen LogP contribution in [-0.2, 0) is 42.2 Å². The van der Waals surface area contributed by atoms with Gasteiger partial charge in [-0.3, -0.25) is 23.4 Å². The molecule has 0 bridgehead atoms. The zero-order valence-electron chi connectivity index (χ0n) is 45.6. The van der Waals surface area contributed by atoms with Crippen LogP contribution in [0.3, 0.4) is 0 Å². The monoisotopic (exact) mass is 1030 g/mol. The highest BCUT2D eigenvalue weighted by atomic mass is 31.2. The SMILES string of the molecule is CC/C=C\C/C=C\C/C=C\C/C=C\CCC(=O)OCC(COP(=O)(O)OCC(CO)OC(=O)CCCCCCC/C=C\C/C=C\C/C=C\CC)OC(=O)CCCCCCCCCCCCCCCCCCC. The minimum atomic E-state index is -4.77. The van der Waals surface area contributed by atoms with Gasteiger partial charge < -0.3 is 24.2 Å². The van der Waals surface area contributed by atoms with Crippen LogP contribution < -0.4 is 0 Å². The van der Waals surface area contributed by atoms with Crippen LogP contribution in [0.4, 0.5) is 0 Å². The number of hydrogen-bond acceptors (Lipinski definition) is 10. The second-order valence-corrected chi connectivity index (χ2v) is 20.1. The van der Waals surface area contributed by atoms with E-state index in [0.29, 0.717) is 19.3 Å². The summed E-state index contributed by atoms with van der Waals surface area (Å²) in [5, 5.41) is 9.80. The topological polar surface area (TPSA) is 155 Å². The van der Waals surface area contributed by atoms with Gasteiger partial charge in [-0.05, 0) is 77.0 Å². The molecule has 0 aliphatic rings. The Bertz CT molecular complexity index is 1530. The number of allylic oxidation sites excluding steroid dienone is 14. The van der Waals surface area contributed by atoms with Gasteiger partial charge in [-0.15, -0.1) is 0 Å². The number of phosphoric ester groups is 1. The molecule has 12 heteroatoms. The maximum absolute atomic E-state index is 12.9. The summed E-state index contributed by atoms with van der Waals surface area (Å²) >= 11 is 0. The zero-order valence-corrected chi connectivity index (χ0v) is 46.5. The predicted octanol–water partition coefficient (Wildman–Crippen LogP) is 16.7. The van der Waals surface area contributed by atoms with Crippen molar-refractivity contribution < 1.29 is 52.2 Å². The summed E-state index contributed by atoms with van der Waals surface area (Å²) in [6.45, 7) is 4.33. The highest BCUT2D eigenvalue weighted by molar-refractivity contribution is 7.47. The maximum Gasteiger partial charge on any atom is 0.472 e. The number of aliphatic hydroxyl groups excluding tert-OH is 1. The van der Waals surface area contributed by atoms with Crippen molar-refractivity contribution in [3.05, 3.63) is 85.1 Å². The molecule has 0 aromatic carbocycles. The molecule has 0 saturated heterocycles. The first-order chi connectivity index (χ1) is 35.2. The number of esters is 3. The Balaban J connectivity index is 4.78. The lowest BCUT2D eigenvalue weighted by molar-refractivity contribution is -0.161. The number of aliphatic hydroxyl groups is 1. The van der Waals surface area contributed by atoms with E-state index in [1.165, 1.54) is 83.5 Å². The number of rotatable bonds is 52. The Labute approximate surface area is 439 Å². The van der Waals surface area contributed by atoms with Crippen molar-refractivity contribution in [3.8, 4) is 0 Å². The highest BCUT2D eigenvalue weighted by Gasteiger charge is 2.28. The lowest BCUT2D eigenvalue weighted by Gasteiger charge is -2.21. The van der Waals surface area contributed by atoms with Gasteiger partial charge >= 0.3 is 25.7 Å². The largest absolute Gasteiger partial charge is 0.472 e. The first kappa shape index (κ1) is 68.7. The second kappa shape index (κ2) is 53.9. The Hall–Kier alpha value is -3.34. The molecule has 0 heterocycles. The van der Waals surface area contributed by atoms with E-state index >= 15 is 0 Å². The predicted molar refractivity (Wildman–Crippen MR) is 298 cm³/mol. The van der Waals surface area contributed by atoms with E-state index in [2.05, 4.69) is 93.7 Å². The molecular weight excluding hydrogens is 928 g/mol. The molecule has 0 aromatic heterocycles. The molecule has 0 aromatic rings. The highest BCUT2D eigenvalue weighted by Crippen LogP contribution is 2.43. The van der Waals surface area contributed by atoms with Crippen LogP contribution in [0, 0.1) is 0 Å². The Morgan fingerprint density at radius 1 is 0.403 bits per heavy atom. The Kier molecular flexibility index (Phi) is 51.4. The first-order valence-electron chi connectivity index (χ1n) is 28.5. The van der Waals surface area contributed by atoms with Crippen molar-refractivity contribution in [2.75, 3.05) is 26.4 Å². The quantitative estimate of drug-likeness (QED) is 0.0197. The minimum absolute atomic E-state index is 0.103. The summed E-state index contributed by atoms with van der Waals surface area (Å²) in [6.07, 6.45) is 61.3. The lowest BCUT2D eigenvalue weighted by Crippen LogP contribution is -2.30. The summed E-state index contributed by atoms with van der Waals surface area (Å²) in [5.74, 6) is -1.58. The average molecular weight is 1030 g/mol. The summed E-state index contributed by atoms with van der Waals surface area (Å²) in [4.78, 5) is 48.4. The van der Waals surface area contributed by atoms with Crippen LogP contribution in [-0.4, -0.2) is 66.5 Å². The van der Waals surface area contributed by atoms with Gasteiger partial charge in [0.2, 0.25) is 0 Å². The molecule has 0 rings (SSSR count). The summed E-state index contributed by atoms with van der Waals surface area (Å²) in [6, 6.07) is 0. The van der Waals surface area contributed by atoms with Crippen LogP contribution in [0.15, 0.2) is 85.1 Å². The molecule has 0 aliphatic carbocycles. The third kappa shape index (κ3) is 51.6. The van der Waals surface area contributed by atoms with Crippen LogP contribution in [0.2, 0.25) is 0 Å². The van der Waals surface area contributed by atoms with Gasteiger partial charge in [-0.2, -0.15) is 0 Å². The third-order valence-corrected chi connectivity index (χ3v) is 12.8. The number of carbonyl (C=O) groups excluding carboxylic acids is 3. The molecule has 0 radical (unpaired) electrons. The van der Waals surface area contributed by atoms with Crippen molar-refractivity contribution in [1.29, 1.82) is 0 Å². The van der Waals surface area contributed by atoms with Crippen LogP contribution in [0.1, 0.15) is 239 Å². The summed E-state index contributed by atoms with van der Waals surface area (Å²) in [7, 11) is -4.77. The fourth-order valence-electron chi connectivity index (χ4n) is 7.56. The summed E-state index contributed by atoms with van der Waals surface area (Å²) in [5.41, 5.74) is 0. The van der Waals surface area contributed by atoms with Gasteiger partial charge in [0.25, 0.3) is 0 Å². The van der Waals surface area contributed by atoms with E-state index in [1.807, 2.05) is 12.2 Å². The van der Waals surface area contributed by atoms with Crippen molar-refractivity contribution in [2.45, 2.75) is 251 Å². The van der Waals surface area contributed by atoms with Gasteiger partial charge in [-0.1, -0.05) is 228 Å². The van der Waals surface area contributed by atoms with Crippen molar-refractivity contribution in [2.24, 2.45) is 0 Å². The van der Waals surface area contributed by atoms with E-state index in [4.69, 9.17) is 23.3 Å². The van der Waals surface area contributed by atoms with Crippen LogP contribution in [0.5, 0.6) is 0 Å². The summed E-state index contributed by atoms with van der Waals surface area (Å²) < 4.78 is 39.4. The molecule has 2 N–H and O–H groups in total. The number of unbranched alkanes of at least 4 members (excludes halogenated alkanes) is 21. The van der Waals surface area contributed by atoms with Gasteiger partial charge in [0, 0.05) is 19.3 Å². The van der Waals surface area contributed by atoms with Gasteiger partial charge in [0.15, 0.2) is 6.10 Å². The van der Waals surface area contributed by atoms with Crippen LogP contribution >= 0.6 is 7.82 Å². The van der Waals surface area contributed by atoms with E-state index in [1.54, 1.807) is 0 Å². The number of phosphoric acid groups is 1. The molecule has 3 atom stereocenters. The third-order valence-electron chi connectivity index (χ3n) is 11.8. The molecule has 3 unspecified atom stereocenters. The minimum Gasteiger partial charge on any atom is -0.462 e. The Morgan fingerprint density at radius 2 is 0.750 bits per heavy atom. The van der Waals surface area contributed by atoms with E-state index < -0.39 is 57.8 Å². The fraction of sp³-hybridized carbons (Fsp3) is 0.717. The van der Waals surface area contributed by atoms with E-state index in [0.717, 1.165) is 96.3 Å². The molecule has 0 saturated carbocycles. The number of carbonyl (C=O) groups is 3. The molecule has 0 amide bonds. The Morgan fingerprint density at radius 3 is 1.17 bits per heavy atom. The normalized spacial score (nSPS) is 14.0. The molecule has 11 nitrogen and oxygen atoms in total. The van der Waals surface area contributed by atoms with Gasteiger partial charge in [-0.25, -0.2) is 4.57 Å². The fourth-order valence-corrected chi connectivity index (χ4v) is 8.34. The van der Waals surface area contributed by atoms with Gasteiger partial charge in [0.1, 0.15) is 12.7 Å². The standard InChI is InChI=1S/C60H103O11P/c1-4-7-10-13-16-19-22-25-27-28-30-33-36-39-42-45-48-51-60(64)71-57(53-67-58(62)49-46-43-40-37-34-31-24-21-18-15-12-9-6-3)55-69-72(65,66)68-54-56(52-61)70-59(63)50-47-44-41-38-35-32-29-26-23-20-17-14-11-8-5-2/h8-9,11-12,17-18,20-21,26,29,31,34,40,43,56-57,61H,4-7,10,13-16,19,22-25,27-28,30,32-33,35-39,41-42,44-55H2,1-3H3,(H,65,66)/b11-8-,12-9-,20-17-,21-18-,29-26-,34-31-,43-40-. The molecule has 414 valence electrons. The second-order valence-electron chi connectivity index (χ2n) is 18.7. The number of ether oxygens (including phenoxy) is 3. The van der Waals surface area contributed by atoms with E-state index in [9.17, 15) is 28.9 Å². The number of hydrogen-bond donors (Lipinski definition) is 2. The average Bonchev–Trinajstić information content (AvgIpc) is 3.37.